The lowest BCUT2D eigenvalue weighted by atomic mass is 10.1. The Labute approximate surface area is 163 Å². The predicted molar refractivity (Wildman–Crippen MR) is 102 cm³/mol. The first-order chi connectivity index (χ1) is 12.7. The Kier molecular flexibility index (Phi) is 6.98. The van der Waals surface area contributed by atoms with Crippen molar-refractivity contribution in [2.45, 2.75) is 24.8 Å². The van der Waals surface area contributed by atoms with Gasteiger partial charge in [0.15, 0.2) is 16.4 Å². The van der Waals surface area contributed by atoms with Gasteiger partial charge in [-0.05, 0) is 36.8 Å². The highest BCUT2D eigenvalue weighted by atomic mass is 35.5. The molecule has 1 N–H and O–H groups in total. The van der Waals surface area contributed by atoms with Crippen LogP contribution in [0.3, 0.4) is 0 Å². The lowest BCUT2D eigenvalue weighted by Crippen LogP contribution is -2.31. The molecule has 0 saturated heterocycles. The summed E-state index contributed by atoms with van der Waals surface area (Å²) in [6, 6.07) is 12.5. The standard InChI is InChI=1S/C19H20ClNO5S/c1-3-27(24,25)17-7-5-4-6-16(17)19(23)26-12-18(22)21-13(2)14-8-10-15(20)11-9-14/h4-11,13H,3,12H2,1-2H3,(H,21,22)/t13-/m1/s1. The minimum absolute atomic E-state index is 0.0853. The Hall–Kier alpha value is -2.38. The molecule has 8 heteroatoms. The minimum atomic E-state index is -3.58. The lowest BCUT2D eigenvalue weighted by molar-refractivity contribution is -0.124. The number of hydrogen-bond donors (Lipinski definition) is 1. The topological polar surface area (TPSA) is 89.5 Å². The van der Waals surface area contributed by atoms with Gasteiger partial charge in [0.1, 0.15) is 0 Å². The van der Waals surface area contributed by atoms with Crippen LogP contribution in [0.1, 0.15) is 35.8 Å². The Bertz CT molecular complexity index is 925. The number of carbonyl (C=O) groups is 2. The van der Waals surface area contributed by atoms with Crippen LogP contribution in [-0.2, 0) is 19.4 Å². The summed E-state index contributed by atoms with van der Waals surface area (Å²) in [6.07, 6.45) is 0. The maximum absolute atomic E-state index is 12.2. The summed E-state index contributed by atoms with van der Waals surface area (Å²) in [6.45, 7) is 2.76. The second-order valence-electron chi connectivity index (χ2n) is 5.82. The maximum Gasteiger partial charge on any atom is 0.339 e. The molecule has 1 atom stereocenters. The molecule has 0 saturated carbocycles. The molecule has 0 spiro atoms. The summed E-state index contributed by atoms with van der Waals surface area (Å²) in [5.74, 6) is -1.50. The van der Waals surface area contributed by atoms with Crippen LogP contribution in [0.25, 0.3) is 0 Å². The van der Waals surface area contributed by atoms with Crippen molar-refractivity contribution in [1.29, 1.82) is 0 Å². The molecule has 1 amide bonds. The predicted octanol–water partition coefficient (Wildman–Crippen LogP) is 3.17. The molecule has 2 aromatic carbocycles. The molecule has 2 rings (SSSR count). The van der Waals surface area contributed by atoms with Crippen LogP contribution in [-0.4, -0.2) is 32.7 Å². The molecule has 0 aliphatic heterocycles. The average molecular weight is 410 g/mol. The third kappa shape index (κ3) is 5.55. The molecule has 0 aromatic heterocycles. The second kappa shape index (κ2) is 9.01. The van der Waals surface area contributed by atoms with Crippen molar-refractivity contribution in [3.63, 3.8) is 0 Å². The lowest BCUT2D eigenvalue weighted by Gasteiger charge is -2.15. The van der Waals surface area contributed by atoms with Crippen molar-refractivity contribution in [2.24, 2.45) is 0 Å². The molecule has 0 fully saturated rings. The van der Waals surface area contributed by atoms with E-state index >= 15 is 0 Å². The molecule has 0 heterocycles. The number of rotatable bonds is 7. The summed E-state index contributed by atoms with van der Waals surface area (Å²) < 4.78 is 29.2. The van der Waals surface area contributed by atoms with Gasteiger partial charge in [0.05, 0.1) is 22.3 Å². The van der Waals surface area contributed by atoms with Crippen LogP contribution in [0.2, 0.25) is 5.02 Å². The fourth-order valence-corrected chi connectivity index (χ4v) is 3.60. The Balaban J connectivity index is 2.00. The van der Waals surface area contributed by atoms with Crippen molar-refractivity contribution in [3.8, 4) is 0 Å². The zero-order valence-corrected chi connectivity index (χ0v) is 16.5. The monoisotopic (exact) mass is 409 g/mol. The third-order valence-corrected chi connectivity index (χ3v) is 5.94. The van der Waals surface area contributed by atoms with Gasteiger partial charge < -0.3 is 10.1 Å². The summed E-state index contributed by atoms with van der Waals surface area (Å²) >= 11 is 5.83. The first kappa shape index (κ1) is 20.9. The van der Waals surface area contributed by atoms with Gasteiger partial charge in [-0.25, -0.2) is 13.2 Å². The van der Waals surface area contributed by atoms with Gasteiger partial charge >= 0.3 is 5.97 Å². The summed E-state index contributed by atoms with van der Waals surface area (Å²) in [4.78, 5) is 24.2. The van der Waals surface area contributed by atoms with Crippen molar-refractivity contribution >= 4 is 33.3 Å². The molecule has 0 unspecified atom stereocenters. The number of ether oxygens (including phenoxy) is 1. The van der Waals surface area contributed by atoms with Gasteiger partial charge in [-0.2, -0.15) is 0 Å². The molecule has 0 radical (unpaired) electrons. The number of carbonyl (C=O) groups excluding carboxylic acids is 2. The zero-order valence-electron chi connectivity index (χ0n) is 14.9. The van der Waals surface area contributed by atoms with E-state index in [-0.39, 0.29) is 22.3 Å². The van der Waals surface area contributed by atoms with Crippen molar-refractivity contribution in [2.75, 3.05) is 12.4 Å². The fraction of sp³-hybridized carbons (Fsp3) is 0.263. The molecule has 144 valence electrons. The molecular formula is C19H20ClNO5S. The normalized spacial score (nSPS) is 12.3. The number of halogens is 1. The quantitative estimate of drug-likeness (QED) is 0.709. The zero-order chi connectivity index (χ0) is 20.0. The minimum Gasteiger partial charge on any atom is -0.452 e. The first-order valence-corrected chi connectivity index (χ1v) is 10.3. The number of sulfone groups is 1. The van der Waals surface area contributed by atoms with E-state index in [2.05, 4.69) is 5.32 Å². The molecule has 6 nitrogen and oxygen atoms in total. The maximum atomic E-state index is 12.2. The SMILES string of the molecule is CCS(=O)(=O)c1ccccc1C(=O)OCC(=O)N[C@H](C)c1ccc(Cl)cc1. The van der Waals surface area contributed by atoms with Crippen LogP contribution in [0.5, 0.6) is 0 Å². The molecule has 0 aliphatic rings. The molecule has 0 bridgehead atoms. The van der Waals surface area contributed by atoms with Crippen LogP contribution < -0.4 is 5.32 Å². The highest BCUT2D eigenvalue weighted by Gasteiger charge is 2.22. The smallest absolute Gasteiger partial charge is 0.339 e. The molecule has 2 aromatic rings. The van der Waals surface area contributed by atoms with Gasteiger partial charge in [0, 0.05) is 5.02 Å². The summed E-state index contributed by atoms with van der Waals surface area (Å²) in [5.41, 5.74) is 0.761. The highest BCUT2D eigenvalue weighted by molar-refractivity contribution is 7.91. The van der Waals surface area contributed by atoms with E-state index in [1.807, 2.05) is 0 Å². The largest absolute Gasteiger partial charge is 0.452 e. The first-order valence-electron chi connectivity index (χ1n) is 8.28. The van der Waals surface area contributed by atoms with E-state index < -0.39 is 28.3 Å². The number of nitrogens with one attached hydrogen (secondary N) is 1. The van der Waals surface area contributed by atoms with Gasteiger partial charge in [0.25, 0.3) is 5.91 Å². The van der Waals surface area contributed by atoms with Crippen molar-refractivity contribution in [1.82, 2.24) is 5.32 Å². The van der Waals surface area contributed by atoms with E-state index in [4.69, 9.17) is 16.3 Å². The van der Waals surface area contributed by atoms with Gasteiger partial charge in [0.2, 0.25) is 0 Å². The van der Waals surface area contributed by atoms with Gasteiger partial charge in [-0.1, -0.05) is 42.8 Å². The van der Waals surface area contributed by atoms with E-state index in [0.29, 0.717) is 5.02 Å². The highest BCUT2D eigenvalue weighted by Crippen LogP contribution is 2.18. The molecule has 27 heavy (non-hydrogen) atoms. The second-order valence-corrected chi connectivity index (χ2v) is 8.50. The number of benzene rings is 2. The third-order valence-electron chi connectivity index (χ3n) is 3.90. The Morgan fingerprint density at radius 3 is 2.37 bits per heavy atom. The van der Waals surface area contributed by atoms with Gasteiger partial charge in [-0.3, -0.25) is 4.79 Å². The van der Waals surface area contributed by atoms with Crippen LogP contribution in [0.4, 0.5) is 0 Å². The van der Waals surface area contributed by atoms with Gasteiger partial charge in [-0.15, -0.1) is 0 Å². The fourth-order valence-electron chi connectivity index (χ4n) is 2.39. The Morgan fingerprint density at radius 1 is 1.11 bits per heavy atom. The van der Waals surface area contributed by atoms with E-state index in [9.17, 15) is 18.0 Å². The number of esters is 1. The summed E-state index contributed by atoms with van der Waals surface area (Å²) in [7, 11) is -3.58. The van der Waals surface area contributed by atoms with E-state index in [1.165, 1.54) is 31.2 Å². The molecule has 0 aliphatic carbocycles. The number of hydrogen-bond acceptors (Lipinski definition) is 5. The van der Waals surface area contributed by atoms with E-state index in [0.717, 1.165) is 5.56 Å². The van der Waals surface area contributed by atoms with Crippen molar-refractivity contribution < 1.29 is 22.7 Å². The molecular weight excluding hydrogens is 390 g/mol. The van der Waals surface area contributed by atoms with Crippen molar-refractivity contribution in [3.05, 3.63) is 64.7 Å². The number of amides is 1. The van der Waals surface area contributed by atoms with E-state index in [1.54, 1.807) is 31.2 Å². The summed E-state index contributed by atoms with van der Waals surface area (Å²) in [5, 5.41) is 3.29. The van der Waals surface area contributed by atoms with Crippen LogP contribution in [0.15, 0.2) is 53.4 Å². The Morgan fingerprint density at radius 2 is 1.74 bits per heavy atom. The van der Waals surface area contributed by atoms with Crippen LogP contribution in [0, 0.1) is 0 Å². The van der Waals surface area contributed by atoms with Crippen LogP contribution >= 0.6 is 11.6 Å². The average Bonchev–Trinajstić information content (AvgIpc) is 2.66.